The Kier molecular flexibility index (Phi) is 5.13. The number of hydrogen-bond acceptors (Lipinski definition) is 3. The van der Waals surface area contributed by atoms with Crippen LogP contribution in [0.15, 0.2) is 24.3 Å². The standard InChI is InChI=1S/C12H17F3N2O/c1-3-18-8(2)11(17-16)9-4-6-10(7-5-9)12(13,14)15/h4-8,11,17H,3,16H2,1-2H3. The highest BCUT2D eigenvalue weighted by molar-refractivity contribution is 5.27. The third kappa shape index (κ3) is 3.69. The highest BCUT2D eigenvalue weighted by Crippen LogP contribution is 2.30. The van der Waals surface area contributed by atoms with E-state index in [9.17, 15) is 13.2 Å². The van der Waals surface area contributed by atoms with Crippen molar-refractivity contribution in [1.82, 2.24) is 5.43 Å². The molecule has 18 heavy (non-hydrogen) atoms. The van der Waals surface area contributed by atoms with E-state index in [4.69, 9.17) is 10.6 Å². The summed E-state index contributed by atoms with van der Waals surface area (Å²) in [5.41, 5.74) is 2.54. The fourth-order valence-corrected chi connectivity index (χ4v) is 1.74. The molecule has 0 aliphatic rings. The number of halogens is 3. The smallest absolute Gasteiger partial charge is 0.377 e. The lowest BCUT2D eigenvalue weighted by atomic mass is 10.0. The van der Waals surface area contributed by atoms with Crippen LogP contribution >= 0.6 is 0 Å². The van der Waals surface area contributed by atoms with Gasteiger partial charge in [0.15, 0.2) is 0 Å². The van der Waals surface area contributed by atoms with Crippen LogP contribution in [0.5, 0.6) is 0 Å². The molecule has 0 saturated heterocycles. The van der Waals surface area contributed by atoms with E-state index in [2.05, 4.69) is 5.43 Å². The summed E-state index contributed by atoms with van der Waals surface area (Å²) in [7, 11) is 0. The summed E-state index contributed by atoms with van der Waals surface area (Å²) in [6.07, 6.45) is -4.55. The van der Waals surface area contributed by atoms with Crippen LogP contribution in [0, 0.1) is 0 Å². The Balaban J connectivity index is 2.88. The first-order valence-corrected chi connectivity index (χ1v) is 5.65. The van der Waals surface area contributed by atoms with Gasteiger partial charge in [0.05, 0.1) is 17.7 Å². The van der Waals surface area contributed by atoms with E-state index in [-0.39, 0.29) is 12.1 Å². The summed E-state index contributed by atoms with van der Waals surface area (Å²) in [6.45, 7) is 4.17. The van der Waals surface area contributed by atoms with Crippen LogP contribution in [0.3, 0.4) is 0 Å². The first-order chi connectivity index (χ1) is 8.40. The van der Waals surface area contributed by atoms with Crippen LogP contribution in [-0.2, 0) is 10.9 Å². The van der Waals surface area contributed by atoms with Gasteiger partial charge in [-0.05, 0) is 31.5 Å². The third-order valence-corrected chi connectivity index (χ3v) is 2.68. The highest BCUT2D eigenvalue weighted by Gasteiger charge is 2.30. The van der Waals surface area contributed by atoms with Crippen molar-refractivity contribution in [3.63, 3.8) is 0 Å². The fraction of sp³-hybridized carbons (Fsp3) is 0.500. The normalized spacial score (nSPS) is 15.4. The minimum Gasteiger partial charge on any atom is -0.377 e. The lowest BCUT2D eigenvalue weighted by Gasteiger charge is -2.23. The average molecular weight is 262 g/mol. The van der Waals surface area contributed by atoms with E-state index in [1.807, 2.05) is 13.8 Å². The molecule has 1 rings (SSSR count). The molecule has 2 unspecified atom stereocenters. The zero-order valence-corrected chi connectivity index (χ0v) is 10.3. The van der Waals surface area contributed by atoms with Gasteiger partial charge in [-0.15, -0.1) is 0 Å². The molecule has 3 N–H and O–H groups in total. The largest absolute Gasteiger partial charge is 0.416 e. The molecule has 102 valence electrons. The second kappa shape index (κ2) is 6.17. The SMILES string of the molecule is CCOC(C)C(NN)c1ccc(C(F)(F)F)cc1. The molecule has 0 bridgehead atoms. The Bertz CT molecular complexity index is 365. The lowest BCUT2D eigenvalue weighted by Crippen LogP contribution is -2.36. The minimum absolute atomic E-state index is 0.225. The monoisotopic (exact) mass is 262 g/mol. The molecule has 0 radical (unpaired) electrons. The average Bonchev–Trinajstić information content (AvgIpc) is 2.30. The maximum atomic E-state index is 12.4. The van der Waals surface area contributed by atoms with Crippen molar-refractivity contribution in [3.8, 4) is 0 Å². The predicted molar refractivity (Wildman–Crippen MR) is 62.6 cm³/mol. The maximum absolute atomic E-state index is 12.4. The molecule has 0 aliphatic heterocycles. The predicted octanol–water partition coefficient (Wildman–Crippen LogP) is 2.63. The molecule has 0 spiro atoms. The summed E-state index contributed by atoms with van der Waals surface area (Å²) in [4.78, 5) is 0. The zero-order valence-electron chi connectivity index (χ0n) is 10.3. The lowest BCUT2D eigenvalue weighted by molar-refractivity contribution is -0.137. The molecule has 0 aliphatic carbocycles. The molecule has 6 heteroatoms. The van der Waals surface area contributed by atoms with Crippen molar-refractivity contribution in [2.45, 2.75) is 32.2 Å². The van der Waals surface area contributed by atoms with Gasteiger partial charge in [0, 0.05) is 6.61 Å². The molecule has 1 aromatic rings. The van der Waals surface area contributed by atoms with Gasteiger partial charge in [0.25, 0.3) is 0 Å². The number of hydrazine groups is 1. The van der Waals surface area contributed by atoms with Crippen molar-refractivity contribution in [1.29, 1.82) is 0 Å². The van der Waals surface area contributed by atoms with E-state index in [1.54, 1.807) is 0 Å². The first kappa shape index (κ1) is 14.9. The molecule has 0 amide bonds. The van der Waals surface area contributed by atoms with Crippen LogP contribution in [0.2, 0.25) is 0 Å². The summed E-state index contributed by atoms with van der Waals surface area (Å²) in [5.74, 6) is 5.41. The Morgan fingerprint density at radius 3 is 2.22 bits per heavy atom. The summed E-state index contributed by atoms with van der Waals surface area (Å²) in [6, 6.07) is 4.55. The minimum atomic E-state index is -4.32. The van der Waals surface area contributed by atoms with Crippen molar-refractivity contribution in [3.05, 3.63) is 35.4 Å². The van der Waals surface area contributed by atoms with Gasteiger partial charge in [-0.2, -0.15) is 13.2 Å². The summed E-state index contributed by atoms with van der Waals surface area (Å²) in [5, 5.41) is 0. The summed E-state index contributed by atoms with van der Waals surface area (Å²) < 4.78 is 42.6. The van der Waals surface area contributed by atoms with Crippen LogP contribution in [0.1, 0.15) is 31.0 Å². The Hall–Kier alpha value is -1.11. The van der Waals surface area contributed by atoms with Crippen molar-refractivity contribution >= 4 is 0 Å². The second-order valence-corrected chi connectivity index (χ2v) is 3.92. The zero-order chi connectivity index (χ0) is 13.8. The number of nitrogens with one attached hydrogen (secondary N) is 1. The van der Waals surface area contributed by atoms with Gasteiger partial charge >= 0.3 is 6.18 Å². The first-order valence-electron chi connectivity index (χ1n) is 5.65. The number of benzene rings is 1. The fourth-order valence-electron chi connectivity index (χ4n) is 1.74. The van der Waals surface area contributed by atoms with Gasteiger partial charge < -0.3 is 4.74 Å². The molecular weight excluding hydrogens is 245 g/mol. The molecule has 0 heterocycles. The number of nitrogens with two attached hydrogens (primary N) is 1. The van der Waals surface area contributed by atoms with Crippen LogP contribution < -0.4 is 11.3 Å². The third-order valence-electron chi connectivity index (χ3n) is 2.68. The highest BCUT2D eigenvalue weighted by atomic mass is 19.4. The number of alkyl halides is 3. The Morgan fingerprint density at radius 2 is 1.83 bits per heavy atom. The molecule has 3 nitrogen and oxygen atoms in total. The molecule has 0 saturated carbocycles. The van der Waals surface area contributed by atoms with E-state index < -0.39 is 11.7 Å². The molecule has 1 aromatic carbocycles. The van der Waals surface area contributed by atoms with Crippen LogP contribution in [0.25, 0.3) is 0 Å². The van der Waals surface area contributed by atoms with E-state index in [1.165, 1.54) is 12.1 Å². The molecule has 0 fully saturated rings. The number of hydrogen-bond donors (Lipinski definition) is 2. The van der Waals surface area contributed by atoms with Gasteiger partial charge in [0.2, 0.25) is 0 Å². The Morgan fingerprint density at radius 1 is 1.28 bits per heavy atom. The van der Waals surface area contributed by atoms with Crippen molar-refractivity contribution in [2.75, 3.05) is 6.61 Å². The van der Waals surface area contributed by atoms with Gasteiger partial charge in [-0.3, -0.25) is 11.3 Å². The topological polar surface area (TPSA) is 47.3 Å². The van der Waals surface area contributed by atoms with Crippen LogP contribution in [-0.4, -0.2) is 12.7 Å². The van der Waals surface area contributed by atoms with Gasteiger partial charge in [-0.25, -0.2) is 0 Å². The van der Waals surface area contributed by atoms with E-state index >= 15 is 0 Å². The van der Waals surface area contributed by atoms with Crippen molar-refractivity contribution < 1.29 is 17.9 Å². The van der Waals surface area contributed by atoms with Crippen LogP contribution in [0.4, 0.5) is 13.2 Å². The quantitative estimate of drug-likeness (QED) is 0.633. The van der Waals surface area contributed by atoms with Crippen molar-refractivity contribution in [2.24, 2.45) is 5.84 Å². The van der Waals surface area contributed by atoms with Gasteiger partial charge in [0.1, 0.15) is 0 Å². The summed E-state index contributed by atoms with van der Waals surface area (Å²) >= 11 is 0. The Labute approximate surface area is 104 Å². The molecule has 0 aromatic heterocycles. The van der Waals surface area contributed by atoms with E-state index in [0.717, 1.165) is 12.1 Å². The maximum Gasteiger partial charge on any atom is 0.416 e. The number of ether oxygens (including phenoxy) is 1. The van der Waals surface area contributed by atoms with E-state index in [0.29, 0.717) is 12.2 Å². The second-order valence-electron chi connectivity index (χ2n) is 3.92. The number of rotatable bonds is 5. The molecular formula is C12H17F3N2O. The molecule has 2 atom stereocenters. The van der Waals surface area contributed by atoms with Gasteiger partial charge in [-0.1, -0.05) is 12.1 Å².